The summed E-state index contributed by atoms with van der Waals surface area (Å²) in [5, 5.41) is 22.3. The molecular weight excluding hydrogens is 745 g/mol. The van der Waals surface area contributed by atoms with Crippen LogP contribution in [0.3, 0.4) is 0 Å². The van der Waals surface area contributed by atoms with Crippen LogP contribution in [0.4, 0.5) is 0 Å². The molecule has 1 aromatic rings. The largest absolute Gasteiger partial charge is 0.481 e. The lowest BCUT2D eigenvalue weighted by atomic mass is 9.33. The predicted octanol–water partition coefficient (Wildman–Crippen LogP) is 7.48. The van der Waals surface area contributed by atoms with E-state index in [4.69, 9.17) is 4.74 Å². The summed E-state index contributed by atoms with van der Waals surface area (Å²) in [6.45, 7) is 21.3. The van der Waals surface area contributed by atoms with Gasteiger partial charge in [-0.2, -0.15) is 0 Å². The van der Waals surface area contributed by atoms with E-state index in [0.717, 1.165) is 50.5 Å². The quantitative estimate of drug-likeness (QED) is 0.215. The number of amides is 1. The van der Waals surface area contributed by atoms with Crippen LogP contribution in [0.1, 0.15) is 137 Å². The number of aliphatic carboxylic acids is 1. The fourth-order valence-corrected chi connectivity index (χ4v) is 14.8. The van der Waals surface area contributed by atoms with Gasteiger partial charge in [-0.1, -0.05) is 67.9 Å². The summed E-state index contributed by atoms with van der Waals surface area (Å²) < 4.78 is 6.43. The fourth-order valence-electron chi connectivity index (χ4n) is 14.8. The van der Waals surface area contributed by atoms with Gasteiger partial charge in [0.15, 0.2) is 5.78 Å². The van der Waals surface area contributed by atoms with Gasteiger partial charge in [-0.3, -0.25) is 19.2 Å². The van der Waals surface area contributed by atoms with Crippen molar-refractivity contribution in [1.29, 1.82) is 0 Å². The van der Waals surface area contributed by atoms with Gasteiger partial charge in [0.2, 0.25) is 0 Å². The average molecular weight is 817 g/mol. The first-order chi connectivity index (χ1) is 27.5. The number of hydrogen-bond acceptors (Lipinski definition) is 9. The van der Waals surface area contributed by atoms with Gasteiger partial charge in [0.25, 0.3) is 5.91 Å². The molecule has 0 aromatic carbocycles. The molecule has 0 aliphatic heterocycles. The first-order valence-corrected chi connectivity index (χ1v) is 22.6. The number of likely N-dealkylation sites (N-methyl/N-ethyl adjacent to an activating group) is 1. The molecule has 0 bridgehead atoms. The highest BCUT2D eigenvalue weighted by atomic mass is 16.5. The molecule has 0 spiro atoms. The monoisotopic (exact) mass is 817 g/mol. The van der Waals surface area contributed by atoms with Gasteiger partial charge in [0, 0.05) is 43.1 Å². The van der Waals surface area contributed by atoms with Crippen molar-refractivity contribution in [3.8, 4) is 0 Å². The number of Topliss-reactive ketones (excluding diaryl/α,β-unsaturated/α-hetero) is 1. The van der Waals surface area contributed by atoms with Crippen LogP contribution in [0.2, 0.25) is 0 Å². The molecule has 0 saturated heterocycles. The van der Waals surface area contributed by atoms with Crippen molar-refractivity contribution in [3.05, 3.63) is 35.4 Å². The van der Waals surface area contributed by atoms with E-state index < -0.39 is 34.7 Å². The van der Waals surface area contributed by atoms with Gasteiger partial charge in [0.05, 0.1) is 17.9 Å². The fraction of sp³-hybridized carbons (Fsp3) is 0.792. The molecule has 11 heteroatoms. The lowest BCUT2D eigenvalue weighted by molar-refractivity contribution is -0.238. The van der Waals surface area contributed by atoms with Crippen LogP contribution in [-0.2, 0) is 19.1 Å². The third kappa shape index (κ3) is 6.64. The van der Waals surface area contributed by atoms with Gasteiger partial charge in [-0.05, 0) is 129 Å². The smallest absolute Gasteiger partial charge is 0.309 e. The Hall–Kier alpha value is -3.18. The summed E-state index contributed by atoms with van der Waals surface area (Å²) in [7, 11) is 3.94. The molecule has 1 amide bonds. The van der Waals surface area contributed by atoms with Crippen LogP contribution >= 0.6 is 0 Å². The highest BCUT2D eigenvalue weighted by Gasteiger charge is 2.71. The molecule has 326 valence electrons. The maximum atomic E-state index is 14.3. The van der Waals surface area contributed by atoms with Gasteiger partial charge < -0.3 is 24.7 Å². The van der Waals surface area contributed by atoms with Gasteiger partial charge in [-0.15, -0.1) is 0 Å². The van der Waals surface area contributed by atoms with E-state index in [1.54, 1.807) is 17.2 Å². The number of allylic oxidation sites excluding steroid dienone is 1. The number of aliphatic hydroxyl groups is 1. The summed E-state index contributed by atoms with van der Waals surface area (Å²) in [4.78, 5) is 65.7. The van der Waals surface area contributed by atoms with Crippen molar-refractivity contribution in [2.45, 2.75) is 139 Å². The van der Waals surface area contributed by atoms with Crippen LogP contribution in [0.15, 0.2) is 29.7 Å². The van der Waals surface area contributed by atoms with Crippen molar-refractivity contribution in [1.82, 2.24) is 19.8 Å². The van der Waals surface area contributed by atoms with E-state index in [-0.39, 0.29) is 70.2 Å². The maximum absolute atomic E-state index is 14.3. The maximum Gasteiger partial charge on any atom is 0.309 e. The van der Waals surface area contributed by atoms with E-state index >= 15 is 0 Å². The number of hydrogen-bond donors (Lipinski definition) is 2. The molecule has 6 aliphatic carbocycles. The first-order valence-electron chi connectivity index (χ1n) is 22.6. The Kier molecular flexibility index (Phi) is 11.2. The molecule has 11 nitrogen and oxygen atoms in total. The minimum absolute atomic E-state index is 0.0128. The van der Waals surface area contributed by atoms with Gasteiger partial charge in [-0.25, -0.2) is 9.97 Å². The normalized spacial score (nSPS) is 38.7. The molecule has 59 heavy (non-hydrogen) atoms. The third-order valence-electron chi connectivity index (χ3n) is 18.5. The number of aliphatic hydroxyl groups excluding tert-OH is 1. The van der Waals surface area contributed by atoms with Crippen molar-refractivity contribution in [2.24, 2.45) is 68.0 Å². The number of carbonyl (C=O) groups excluding carboxylic acids is 3. The summed E-state index contributed by atoms with van der Waals surface area (Å²) in [6, 6.07) is 1.62. The van der Waals surface area contributed by atoms with E-state index in [0.29, 0.717) is 43.5 Å². The van der Waals surface area contributed by atoms with Crippen LogP contribution in [0, 0.1) is 68.0 Å². The number of aromatic nitrogens is 2. The number of carboxylic acid groups (broad SMARTS) is 1. The Balaban J connectivity index is 1.16. The Morgan fingerprint density at radius 2 is 1.59 bits per heavy atom. The summed E-state index contributed by atoms with van der Waals surface area (Å²) in [5.74, 6) is -1.13. The number of ketones is 1. The van der Waals surface area contributed by atoms with Crippen LogP contribution in [0.25, 0.3) is 0 Å². The summed E-state index contributed by atoms with van der Waals surface area (Å²) in [5.41, 5.74) is 0.713. The van der Waals surface area contributed by atoms with E-state index in [1.165, 1.54) is 11.9 Å². The van der Waals surface area contributed by atoms with E-state index in [9.17, 15) is 29.4 Å². The van der Waals surface area contributed by atoms with Crippen LogP contribution in [0.5, 0.6) is 0 Å². The number of esters is 1. The molecule has 6 aliphatic rings. The number of rotatable bonds is 11. The molecule has 5 saturated carbocycles. The topological polar surface area (TPSA) is 150 Å². The summed E-state index contributed by atoms with van der Waals surface area (Å²) >= 11 is 0. The molecule has 11 atom stereocenters. The number of carboxylic acids is 1. The second-order valence-corrected chi connectivity index (χ2v) is 22.3. The highest BCUT2D eigenvalue weighted by molar-refractivity contribution is 6.01. The molecule has 0 radical (unpaired) electrons. The van der Waals surface area contributed by atoms with E-state index in [2.05, 4.69) is 58.4 Å². The lowest BCUT2D eigenvalue weighted by Gasteiger charge is -2.72. The van der Waals surface area contributed by atoms with Crippen molar-refractivity contribution < 1.29 is 34.1 Å². The molecule has 2 N–H and O–H groups in total. The van der Waals surface area contributed by atoms with Gasteiger partial charge >= 0.3 is 11.9 Å². The lowest BCUT2D eigenvalue weighted by Crippen LogP contribution is -2.66. The standard InChI is InChI=1S/C48H72N4O7/c1-28(2)38-33(53)25-48(36(54)26-52(23-22-51(10)11)40(55)32-16-21-49-27-50-32)20-19-46(8)29(39(38)48)12-13-35-45(7)17-15-37(44(5,6)34(45)14-18-47(35,46)9)59-42(58)31-24-30(41(56)57)43(31,3)4/h16,21,27-31,34-37,54H,12-15,17-20,22-26H2,1-11H3,(H,56,57)/t29-,30+,31-,34+,35-,36+,37+,45+,46-,47-,48+/m1/s1. The van der Waals surface area contributed by atoms with Crippen molar-refractivity contribution in [2.75, 3.05) is 33.7 Å². The number of nitrogens with zero attached hydrogens (tertiary/aromatic N) is 4. The van der Waals surface area contributed by atoms with E-state index in [1.807, 2.05) is 32.8 Å². The molecule has 0 unspecified atom stereocenters. The zero-order valence-corrected chi connectivity index (χ0v) is 37.8. The summed E-state index contributed by atoms with van der Waals surface area (Å²) in [6.07, 6.45) is 9.86. The van der Waals surface area contributed by atoms with Gasteiger partial charge in [0.1, 0.15) is 18.1 Å². The Labute approximate surface area is 352 Å². The van der Waals surface area contributed by atoms with Crippen molar-refractivity contribution in [3.63, 3.8) is 0 Å². The Morgan fingerprint density at radius 1 is 0.881 bits per heavy atom. The number of carbonyl (C=O) groups is 4. The molecule has 1 heterocycles. The molecule has 5 fully saturated rings. The zero-order valence-electron chi connectivity index (χ0n) is 37.8. The first kappa shape index (κ1) is 43.9. The minimum atomic E-state index is -0.909. The highest BCUT2D eigenvalue weighted by Crippen LogP contribution is 2.77. The second-order valence-electron chi connectivity index (χ2n) is 22.3. The predicted molar refractivity (Wildman–Crippen MR) is 225 cm³/mol. The SMILES string of the molecule is CC(C)C1=C2[C@H]3CC[C@@H]4[C@@]5(C)CC[C@H](OC(=O)[C@H]6C[C@@H](C(=O)O)C6(C)C)C(C)(C)[C@@H]5CC[C@@]4(C)[C@]3(C)CC[C@@]2([C@@H](O)CN(CCN(C)C)C(=O)c2ccncn2)CC1=O. The van der Waals surface area contributed by atoms with Crippen LogP contribution < -0.4 is 0 Å². The zero-order chi connectivity index (χ0) is 43.2. The van der Waals surface area contributed by atoms with Crippen molar-refractivity contribution >= 4 is 23.6 Å². The molecule has 1 aromatic heterocycles. The number of fused-ring (bicyclic) bond motifs is 7. The Bertz CT molecular complexity index is 1880. The molecular formula is C48H72N4O7. The minimum Gasteiger partial charge on any atom is -0.481 e. The molecule has 7 rings (SSSR count). The Morgan fingerprint density at radius 3 is 2.20 bits per heavy atom. The average Bonchev–Trinajstić information content (AvgIpc) is 3.47. The third-order valence-corrected chi connectivity index (χ3v) is 18.5. The number of ether oxygens (including phenoxy) is 1. The second kappa shape index (κ2) is 15.0. The van der Waals surface area contributed by atoms with Crippen LogP contribution in [-0.4, -0.2) is 99.5 Å².